The normalized spacial score (nSPS) is 11.6. The molecule has 0 saturated carbocycles. The summed E-state index contributed by atoms with van der Waals surface area (Å²) in [5, 5.41) is 15.1. The zero-order chi connectivity index (χ0) is 17.7. The average molecular weight is 365 g/mol. The Morgan fingerprint density at radius 3 is 2.46 bits per heavy atom. The van der Waals surface area contributed by atoms with Crippen LogP contribution in [0.25, 0.3) is 0 Å². The number of thioether (sulfide) groups is 1. The summed E-state index contributed by atoms with van der Waals surface area (Å²) in [6, 6.07) is 8.31. The van der Waals surface area contributed by atoms with Crippen LogP contribution in [0.5, 0.6) is 0 Å². The summed E-state index contributed by atoms with van der Waals surface area (Å²) in [4.78, 5) is 11.8. The number of carbonyl (C=O) groups is 1. The van der Waals surface area contributed by atoms with E-state index in [1.807, 2.05) is 32.9 Å². The predicted octanol–water partition coefficient (Wildman–Crippen LogP) is 4.41. The molecule has 1 aromatic carbocycles. The van der Waals surface area contributed by atoms with E-state index in [1.165, 1.54) is 28.7 Å². The highest BCUT2D eigenvalue weighted by molar-refractivity contribution is 8.01. The van der Waals surface area contributed by atoms with Gasteiger partial charge >= 0.3 is 0 Å². The van der Waals surface area contributed by atoms with E-state index < -0.39 is 0 Å². The van der Waals surface area contributed by atoms with Crippen molar-refractivity contribution in [3.8, 4) is 0 Å². The second-order valence-electron chi connectivity index (χ2n) is 6.86. The van der Waals surface area contributed by atoms with Gasteiger partial charge in [0.15, 0.2) is 4.34 Å². The highest BCUT2D eigenvalue weighted by Gasteiger charge is 2.15. The summed E-state index contributed by atoms with van der Waals surface area (Å²) in [6.07, 6.45) is 0. The number of nitrogens with zero attached hydrogens (tertiary/aromatic N) is 2. The topological polar surface area (TPSA) is 66.9 Å². The van der Waals surface area contributed by atoms with Gasteiger partial charge < -0.3 is 10.6 Å². The zero-order valence-electron chi connectivity index (χ0n) is 14.7. The molecule has 0 unspecified atom stereocenters. The molecule has 0 atom stereocenters. The fraction of sp³-hybridized carbons (Fsp3) is 0.471. The van der Waals surface area contributed by atoms with E-state index in [9.17, 15) is 4.79 Å². The lowest BCUT2D eigenvalue weighted by molar-refractivity contribution is -0.119. The molecule has 2 rings (SSSR count). The average Bonchev–Trinajstić information content (AvgIpc) is 2.91. The number of rotatable bonds is 6. The number of hydrogen-bond donors (Lipinski definition) is 2. The quantitative estimate of drug-likeness (QED) is 0.743. The summed E-state index contributed by atoms with van der Waals surface area (Å²) in [5.74, 6) is 0.860. The fourth-order valence-corrected chi connectivity index (χ4v) is 3.55. The van der Waals surface area contributed by atoms with E-state index in [1.54, 1.807) is 0 Å². The van der Waals surface area contributed by atoms with Crippen molar-refractivity contribution < 1.29 is 4.79 Å². The molecule has 0 fully saturated rings. The zero-order valence-corrected chi connectivity index (χ0v) is 16.3. The molecule has 0 aliphatic carbocycles. The number of benzene rings is 1. The molecule has 5 nitrogen and oxygen atoms in total. The highest BCUT2D eigenvalue weighted by atomic mass is 32.2. The van der Waals surface area contributed by atoms with Gasteiger partial charge in [0.05, 0.1) is 5.75 Å². The van der Waals surface area contributed by atoms with Crippen LogP contribution in [0.3, 0.4) is 0 Å². The first-order valence-corrected chi connectivity index (χ1v) is 9.67. The molecule has 1 aromatic heterocycles. The van der Waals surface area contributed by atoms with Crippen molar-refractivity contribution in [2.75, 3.05) is 11.1 Å². The van der Waals surface area contributed by atoms with E-state index in [0.717, 1.165) is 15.2 Å². The van der Waals surface area contributed by atoms with Crippen LogP contribution in [0, 0.1) is 0 Å². The molecule has 1 amide bonds. The lowest BCUT2D eigenvalue weighted by Crippen LogP contribution is -2.41. The van der Waals surface area contributed by atoms with Gasteiger partial charge in [-0.3, -0.25) is 4.79 Å². The molecular weight excluding hydrogens is 340 g/mol. The van der Waals surface area contributed by atoms with Crippen LogP contribution in [-0.2, 0) is 4.79 Å². The summed E-state index contributed by atoms with van der Waals surface area (Å²) in [6.45, 7) is 10.2. The molecule has 2 N–H and O–H groups in total. The molecule has 0 aliphatic rings. The molecule has 0 aliphatic heterocycles. The maximum Gasteiger partial charge on any atom is 0.230 e. The summed E-state index contributed by atoms with van der Waals surface area (Å²) < 4.78 is 0.778. The van der Waals surface area contributed by atoms with Crippen LogP contribution in [0.4, 0.5) is 10.8 Å². The molecule has 0 saturated heterocycles. The van der Waals surface area contributed by atoms with E-state index in [2.05, 4.69) is 46.8 Å². The number of amides is 1. The van der Waals surface area contributed by atoms with E-state index in [-0.39, 0.29) is 11.4 Å². The predicted molar refractivity (Wildman–Crippen MR) is 102 cm³/mol. The molecule has 130 valence electrons. The Hall–Kier alpha value is -1.60. The Balaban J connectivity index is 1.87. The molecule has 0 radical (unpaired) electrons. The van der Waals surface area contributed by atoms with Crippen molar-refractivity contribution in [3.63, 3.8) is 0 Å². The SMILES string of the molecule is CC(C)c1ccc(Nc2nnc(SCC(=O)NC(C)(C)C)s2)cc1. The third-order valence-corrected chi connectivity index (χ3v) is 5.05. The number of nitrogens with one attached hydrogen (secondary N) is 2. The molecule has 2 aromatic rings. The third kappa shape index (κ3) is 6.13. The maximum absolute atomic E-state index is 11.8. The summed E-state index contributed by atoms with van der Waals surface area (Å²) in [5.41, 5.74) is 2.07. The Morgan fingerprint density at radius 1 is 1.21 bits per heavy atom. The number of aromatic nitrogens is 2. The van der Waals surface area contributed by atoms with Crippen molar-refractivity contribution in [1.82, 2.24) is 15.5 Å². The van der Waals surface area contributed by atoms with Gasteiger partial charge in [0.25, 0.3) is 0 Å². The van der Waals surface area contributed by atoms with E-state index in [0.29, 0.717) is 11.7 Å². The van der Waals surface area contributed by atoms with Gasteiger partial charge in [-0.15, -0.1) is 10.2 Å². The first-order chi connectivity index (χ1) is 11.2. The van der Waals surface area contributed by atoms with Gasteiger partial charge in [-0.1, -0.05) is 49.1 Å². The van der Waals surface area contributed by atoms with Gasteiger partial charge in [0.2, 0.25) is 11.0 Å². The number of carbonyl (C=O) groups excluding carboxylic acids is 1. The molecule has 0 bridgehead atoms. The second kappa shape index (κ2) is 7.98. The Bertz CT molecular complexity index is 675. The summed E-state index contributed by atoms with van der Waals surface area (Å²) >= 11 is 2.85. The standard InChI is InChI=1S/C17H24N4OS2/c1-11(2)12-6-8-13(9-7-12)18-15-20-21-16(24-15)23-10-14(22)19-17(3,4)5/h6-9,11H,10H2,1-5H3,(H,18,20)(H,19,22). The van der Waals surface area contributed by atoms with Crippen LogP contribution in [0.2, 0.25) is 0 Å². The van der Waals surface area contributed by atoms with Crippen LogP contribution < -0.4 is 10.6 Å². The monoisotopic (exact) mass is 364 g/mol. The molecule has 7 heteroatoms. The first kappa shape index (κ1) is 18.7. The fourth-order valence-electron chi connectivity index (χ4n) is 1.98. The smallest absolute Gasteiger partial charge is 0.230 e. The highest BCUT2D eigenvalue weighted by Crippen LogP contribution is 2.28. The Labute approximate surface area is 151 Å². The molecule has 1 heterocycles. The van der Waals surface area contributed by atoms with Crippen LogP contribution >= 0.6 is 23.1 Å². The minimum absolute atomic E-state index is 0.00137. The number of hydrogen-bond acceptors (Lipinski definition) is 6. The van der Waals surface area contributed by atoms with Crippen LogP contribution in [-0.4, -0.2) is 27.4 Å². The summed E-state index contributed by atoms with van der Waals surface area (Å²) in [7, 11) is 0. The minimum atomic E-state index is -0.215. The van der Waals surface area contributed by atoms with Crippen molar-refractivity contribution >= 4 is 39.8 Å². The van der Waals surface area contributed by atoms with Gasteiger partial charge in [-0.2, -0.15) is 0 Å². The number of anilines is 2. The minimum Gasteiger partial charge on any atom is -0.351 e. The molecular formula is C17H24N4OS2. The second-order valence-corrected chi connectivity index (χ2v) is 9.06. The Kier molecular flexibility index (Phi) is 6.23. The van der Waals surface area contributed by atoms with Gasteiger partial charge in [-0.25, -0.2) is 0 Å². The third-order valence-electron chi connectivity index (χ3n) is 3.08. The van der Waals surface area contributed by atoms with Gasteiger partial charge in [-0.05, 0) is 44.4 Å². The van der Waals surface area contributed by atoms with Gasteiger partial charge in [0.1, 0.15) is 0 Å². The lowest BCUT2D eigenvalue weighted by atomic mass is 10.0. The largest absolute Gasteiger partial charge is 0.351 e. The van der Waals surface area contributed by atoms with Crippen LogP contribution in [0.15, 0.2) is 28.6 Å². The maximum atomic E-state index is 11.8. The van der Waals surface area contributed by atoms with Crippen LogP contribution in [0.1, 0.15) is 46.1 Å². The van der Waals surface area contributed by atoms with Crippen molar-refractivity contribution in [2.24, 2.45) is 0 Å². The molecule has 24 heavy (non-hydrogen) atoms. The first-order valence-electron chi connectivity index (χ1n) is 7.87. The Morgan fingerprint density at radius 2 is 1.88 bits per heavy atom. The van der Waals surface area contributed by atoms with Crippen molar-refractivity contribution in [1.29, 1.82) is 0 Å². The molecule has 0 spiro atoms. The van der Waals surface area contributed by atoms with E-state index in [4.69, 9.17) is 0 Å². The van der Waals surface area contributed by atoms with Gasteiger partial charge in [0, 0.05) is 11.2 Å². The van der Waals surface area contributed by atoms with E-state index >= 15 is 0 Å². The lowest BCUT2D eigenvalue weighted by Gasteiger charge is -2.19. The van der Waals surface area contributed by atoms with Crippen molar-refractivity contribution in [3.05, 3.63) is 29.8 Å². The van der Waals surface area contributed by atoms with Crippen molar-refractivity contribution in [2.45, 2.75) is 50.4 Å².